The molecular formula is C15H23N5O2. The van der Waals surface area contributed by atoms with Crippen molar-refractivity contribution in [1.29, 1.82) is 0 Å². The third-order valence-electron chi connectivity index (χ3n) is 3.94. The molecule has 0 atom stereocenters. The molecule has 7 heteroatoms. The van der Waals surface area contributed by atoms with Crippen LogP contribution in [0, 0.1) is 0 Å². The van der Waals surface area contributed by atoms with E-state index in [1.54, 1.807) is 6.33 Å². The molecule has 0 aliphatic heterocycles. The van der Waals surface area contributed by atoms with Crippen molar-refractivity contribution in [1.82, 2.24) is 19.5 Å². The molecule has 2 aromatic rings. The third kappa shape index (κ3) is 3.18. The van der Waals surface area contributed by atoms with E-state index < -0.39 is 0 Å². The Morgan fingerprint density at radius 2 is 2.14 bits per heavy atom. The Kier molecular flexibility index (Phi) is 4.63. The molecule has 0 radical (unpaired) electrons. The Hall–Kier alpha value is -2.18. The second-order valence-electron chi connectivity index (χ2n) is 6.02. The van der Waals surface area contributed by atoms with Crippen LogP contribution in [0.4, 0.5) is 5.95 Å². The molecule has 0 aromatic carbocycles. The van der Waals surface area contributed by atoms with Gasteiger partial charge in [0.1, 0.15) is 0 Å². The average molecular weight is 305 g/mol. The minimum Gasteiger partial charge on any atom is -0.309 e. The average Bonchev–Trinajstić information content (AvgIpc) is 2.90. The molecule has 7 nitrogen and oxygen atoms in total. The zero-order chi connectivity index (χ0) is 16.3. The highest BCUT2D eigenvalue weighted by Crippen LogP contribution is 2.23. The minimum atomic E-state index is -0.346. The number of carbonyl (C=O) groups is 1. The van der Waals surface area contributed by atoms with Crippen molar-refractivity contribution in [2.45, 2.75) is 58.9 Å². The second kappa shape index (κ2) is 6.29. The number of imidazole rings is 1. The zero-order valence-corrected chi connectivity index (χ0v) is 13.6. The first-order valence-electron chi connectivity index (χ1n) is 7.66. The second-order valence-corrected chi connectivity index (χ2v) is 6.02. The van der Waals surface area contributed by atoms with Crippen LogP contribution in [-0.4, -0.2) is 25.4 Å². The number of anilines is 1. The van der Waals surface area contributed by atoms with Crippen molar-refractivity contribution in [3.63, 3.8) is 0 Å². The molecule has 0 fully saturated rings. The summed E-state index contributed by atoms with van der Waals surface area (Å²) in [5.41, 5.74) is 0.217. The van der Waals surface area contributed by atoms with Gasteiger partial charge in [-0.15, -0.1) is 0 Å². The van der Waals surface area contributed by atoms with Gasteiger partial charge in [-0.05, 0) is 26.7 Å². The molecular weight excluding hydrogens is 282 g/mol. The van der Waals surface area contributed by atoms with Gasteiger partial charge in [0, 0.05) is 12.0 Å². The molecule has 0 aliphatic rings. The van der Waals surface area contributed by atoms with Crippen molar-refractivity contribution in [2.75, 3.05) is 5.32 Å². The lowest BCUT2D eigenvalue weighted by atomic mass is 10.0. The van der Waals surface area contributed by atoms with Gasteiger partial charge in [-0.25, -0.2) is 4.98 Å². The van der Waals surface area contributed by atoms with Crippen LogP contribution in [0.3, 0.4) is 0 Å². The van der Waals surface area contributed by atoms with E-state index in [1.807, 2.05) is 11.5 Å². The highest BCUT2D eigenvalue weighted by Gasteiger charge is 2.22. The maximum Gasteiger partial charge on any atom is 0.280 e. The molecule has 2 N–H and O–H groups in total. The number of unbranched alkanes of at least 4 members (excludes halogenated alkanes) is 1. The van der Waals surface area contributed by atoms with Crippen molar-refractivity contribution in [3.8, 4) is 0 Å². The largest absolute Gasteiger partial charge is 0.309 e. The van der Waals surface area contributed by atoms with Crippen molar-refractivity contribution in [2.24, 2.45) is 0 Å². The Balaban J connectivity index is 2.40. The molecule has 0 aliphatic carbocycles. The number of fused-ring (bicyclic) bond motifs is 1. The van der Waals surface area contributed by atoms with Gasteiger partial charge in [-0.3, -0.25) is 19.9 Å². The van der Waals surface area contributed by atoms with E-state index in [0.717, 1.165) is 19.3 Å². The van der Waals surface area contributed by atoms with E-state index in [9.17, 15) is 9.59 Å². The molecule has 22 heavy (non-hydrogen) atoms. The van der Waals surface area contributed by atoms with Crippen LogP contribution in [0.25, 0.3) is 11.2 Å². The van der Waals surface area contributed by atoms with Gasteiger partial charge in [0.25, 0.3) is 5.56 Å². The summed E-state index contributed by atoms with van der Waals surface area (Å²) in [5, 5.41) is 2.65. The van der Waals surface area contributed by atoms with Crippen LogP contribution in [0.15, 0.2) is 11.1 Å². The number of nitrogens with zero attached hydrogens (tertiary/aromatic N) is 3. The maximum atomic E-state index is 12.1. The number of rotatable bonds is 6. The van der Waals surface area contributed by atoms with Gasteiger partial charge >= 0.3 is 0 Å². The Labute approximate surface area is 129 Å². The summed E-state index contributed by atoms with van der Waals surface area (Å²) in [7, 11) is 0. The summed E-state index contributed by atoms with van der Waals surface area (Å²) in [4.78, 5) is 35.0. The predicted molar refractivity (Wildman–Crippen MR) is 85.9 cm³/mol. The standard InChI is InChI=1S/C15H23N5O2/c1-5-7-8-10(21)17-14-18-12-11(13(22)19-14)16-9-20(12)15(3,4)6-2/h9H,5-8H2,1-4H3,(H2,17,18,19,21,22). The van der Waals surface area contributed by atoms with Crippen molar-refractivity contribution in [3.05, 3.63) is 16.7 Å². The van der Waals surface area contributed by atoms with Gasteiger partial charge in [0.15, 0.2) is 11.2 Å². The first-order chi connectivity index (χ1) is 10.4. The lowest BCUT2D eigenvalue weighted by molar-refractivity contribution is -0.116. The van der Waals surface area contributed by atoms with Gasteiger partial charge in [-0.1, -0.05) is 20.3 Å². The summed E-state index contributed by atoms with van der Waals surface area (Å²) in [6.07, 6.45) is 4.65. The summed E-state index contributed by atoms with van der Waals surface area (Å²) >= 11 is 0. The van der Waals surface area contributed by atoms with Crippen LogP contribution < -0.4 is 10.9 Å². The fourth-order valence-electron chi connectivity index (χ4n) is 2.11. The molecule has 0 unspecified atom stereocenters. The molecule has 0 saturated carbocycles. The predicted octanol–water partition coefficient (Wildman–Crippen LogP) is 2.39. The summed E-state index contributed by atoms with van der Waals surface area (Å²) in [5.74, 6) is 0.0254. The molecule has 2 aromatic heterocycles. The number of carbonyl (C=O) groups excluding carboxylic acids is 1. The Morgan fingerprint density at radius 1 is 1.41 bits per heavy atom. The molecule has 120 valence electrons. The van der Waals surface area contributed by atoms with Crippen molar-refractivity contribution >= 4 is 23.0 Å². The number of H-pyrrole nitrogens is 1. The van der Waals surface area contributed by atoms with E-state index in [0.29, 0.717) is 12.1 Å². The molecule has 2 rings (SSSR count). The quantitative estimate of drug-likeness (QED) is 0.857. The lowest BCUT2D eigenvalue weighted by Crippen LogP contribution is -2.26. The van der Waals surface area contributed by atoms with Gasteiger partial charge in [-0.2, -0.15) is 4.98 Å². The van der Waals surface area contributed by atoms with Crippen LogP contribution in [0.5, 0.6) is 0 Å². The fourth-order valence-corrected chi connectivity index (χ4v) is 2.11. The summed E-state index contributed by atoms with van der Waals surface area (Å²) in [6, 6.07) is 0. The molecule has 0 bridgehead atoms. The topological polar surface area (TPSA) is 92.7 Å². The number of hydrogen-bond donors (Lipinski definition) is 2. The number of nitrogens with one attached hydrogen (secondary N) is 2. The molecule has 0 saturated heterocycles. The smallest absolute Gasteiger partial charge is 0.280 e. The molecule has 0 spiro atoms. The zero-order valence-electron chi connectivity index (χ0n) is 13.6. The fraction of sp³-hybridized carbons (Fsp3) is 0.600. The monoisotopic (exact) mass is 305 g/mol. The molecule has 1 amide bonds. The van der Waals surface area contributed by atoms with Gasteiger partial charge in [0.2, 0.25) is 11.9 Å². The van der Waals surface area contributed by atoms with Crippen LogP contribution in [0.2, 0.25) is 0 Å². The van der Waals surface area contributed by atoms with E-state index in [4.69, 9.17) is 0 Å². The number of amides is 1. The minimum absolute atomic E-state index is 0.148. The van der Waals surface area contributed by atoms with Gasteiger partial charge < -0.3 is 4.57 Å². The molecule has 2 heterocycles. The maximum absolute atomic E-state index is 12.1. The van der Waals surface area contributed by atoms with Crippen LogP contribution in [0.1, 0.15) is 53.4 Å². The van der Waals surface area contributed by atoms with E-state index in [1.165, 1.54) is 0 Å². The van der Waals surface area contributed by atoms with E-state index in [-0.39, 0.29) is 28.5 Å². The summed E-state index contributed by atoms with van der Waals surface area (Å²) < 4.78 is 1.87. The number of aromatic nitrogens is 4. The van der Waals surface area contributed by atoms with E-state index >= 15 is 0 Å². The Morgan fingerprint density at radius 3 is 2.77 bits per heavy atom. The van der Waals surface area contributed by atoms with Crippen molar-refractivity contribution < 1.29 is 4.79 Å². The first kappa shape index (κ1) is 16.2. The third-order valence-corrected chi connectivity index (χ3v) is 3.94. The normalized spacial score (nSPS) is 11.8. The van der Waals surface area contributed by atoms with Crippen LogP contribution >= 0.6 is 0 Å². The van der Waals surface area contributed by atoms with E-state index in [2.05, 4.69) is 41.0 Å². The lowest BCUT2D eigenvalue weighted by Gasteiger charge is -2.25. The van der Waals surface area contributed by atoms with Gasteiger partial charge in [0.05, 0.1) is 6.33 Å². The SMILES string of the molecule is CCCCC(=O)Nc1nc2c(ncn2C(C)(C)CC)c(=O)[nH]1. The highest BCUT2D eigenvalue weighted by molar-refractivity contribution is 5.89. The summed E-state index contributed by atoms with van der Waals surface area (Å²) in [6.45, 7) is 8.18. The number of hydrogen-bond acceptors (Lipinski definition) is 4. The first-order valence-corrected chi connectivity index (χ1v) is 7.66. The Bertz CT molecular complexity index is 729. The highest BCUT2D eigenvalue weighted by atomic mass is 16.2. The van der Waals surface area contributed by atoms with Crippen LogP contribution in [-0.2, 0) is 10.3 Å². The number of aromatic amines is 1.